The van der Waals surface area contributed by atoms with Gasteiger partial charge in [0.25, 0.3) is 5.91 Å². The van der Waals surface area contributed by atoms with E-state index in [4.69, 9.17) is 9.26 Å². The molecule has 0 radical (unpaired) electrons. The zero-order chi connectivity index (χ0) is 25.6. The number of hydrogen-bond acceptors (Lipinski definition) is 6. The van der Waals surface area contributed by atoms with Crippen molar-refractivity contribution < 1.29 is 14.1 Å². The first-order valence-corrected chi connectivity index (χ1v) is 14.1. The smallest absolute Gasteiger partial charge is 0.253 e. The van der Waals surface area contributed by atoms with E-state index in [1.165, 1.54) is 5.56 Å². The molecule has 0 bridgehead atoms. The van der Waals surface area contributed by atoms with Gasteiger partial charge in [0.05, 0.1) is 7.11 Å². The zero-order valence-electron chi connectivity index (χ0n) is 21.1. The molecule has 8 heteroatoms. The number of carbonyl (C=O) groups excluding carboxylic acids is 1. The Labute approximate surface area is 218 Å². The number of nitrogens with zero attached hydrogens (tertiary/aromatic N) is 3. The first-order chi connectivity index (χ1) is 18.1. The van der Waals surface area contributed by atoms with Crippen LogP contribution in [0, 0.1) is 0 Å². The first-order valence-electron chi connectivity index (χ1n) is 12.4. The molecule has 37 heavy (non-hydrogen) atoms. The third-order valence-corrected chi connectivity index (χ3v) is 7.49. The van der Waals surface area contributed by atoms with Gasteiger partial charge in [-0.25, -0.2) is 0 Å². The number of nitrogens with one attached hydrogen (secondary N) is 1. The van der Waals surface area contributed by atoms with Crippen molar-refractivity contribution in [2.45, 2.75) is 6.54 Å². The molecule has 1 aliphatic rings. The number of carbonyl (C=O) groups is 1. The molecule has 5 rings (SSSR count). The zero-order valence-corrected chi connectivity index (χ0v) is 22.0. The number of hydrogen-bond donors (Lipinski definition) is 1. The van der Waals surface area contributed by atoms with Crippen LogP contribution in [0.1, 0.15) is 15.9 Å². The highest BCUT2D eigenvalue weighted by Gasteiger charge is 2.22. The molecule has 1 amide bonds. The van der Waals surface area contributed by atoms with E-state index in [0.29, 0.717) is 5.56 Å². The number of pyridine rings is 1. The summed E-state index contributed by atoms with van der Waals surface area (Å²) in [5.41, 5.74) is 3.69. The second kappa shape index (κ2) is 11.6. The molecule has 1 unspecified atom stereocenters. The lowest BCUT2D eigenvalue weighted by atomic mass is 10.1. The average molecular weight is 515 g/mol. The summed E-state index contributed by atoms with van der Waals surface area (Å²) >= 11 is 0. The van der Waals surface area contributed by atoms with Gasteiger partial charge in [-0.15, -0.1) is 0 Å². The minimum atomic E-state index is -0.972. The molecule has 1 N–H and O–H groups in total. The number of amides is 1. The van der Waals surface area contributed by atoms with Gasteiger partial charge in [-0.3, -0.25) is 14.7 Å². The molecule has 1 fully saturated rings. The normalized spacial score (nSPS) is 14.8. The van der Waals surface area contributed by atoms with Gasteiger partial charge < -0.3 is 19.2 Å². The summed E-state index contributed by atoms with van der Waals surface area (Å²) in [6.07, 6.45) is 1.77. The van der Waals surface area contributed by atoms with E-state index in [2.05, 4.69) is 27.1 Å². The molecule has 0 spiro atoms. The number of rotatable bonds is 8. The molecule has 0 aliphatic carbocycles. The molecule has 2 heterocycles. The number of aromatic nitrogens is 1. The summed E-state index contributed by atoms with van der Waals surface area (Å²) in [4.78, 5) is 21.9. The summed E-state index contributed by atoms with van der Waals surface area (Å²) < 4.78 is 11.5. The number of piperazine rings is 1. The largest absolute Gasteiger partial charge is 0.497 e. The van der Waals surface area contributed by atoms with Crippen LogP contribution in [0.3, 0.4) is 0 Å². The van der Waals surface area contributed by atoms with Crippen molar-refractivity contribution in [3.05, 3.63) is 96.2 Å². The molecule has 3 aromatic carbocycles. The van der Waals surface area contributed by atoms with Gasteiger partial charge >= 0.3 is 0 Å². The second-order valence-electron chi connectivity index (χ2n) is 9.03. The van der Waals surface area contributed by atoms with Crippen LogP contribution in [-0.4, -0.2) is 60.6 Å². The maximum Gasteiger partial charge on any atom is 0.253 e. The van der Waals surface area contributed by atoms with E-state index in [9.17, 15) is 4.79 Å². The molecule has 1 aliphatic heterocycles. The van der Waals surface area contributed by atoms with Crippen LogP contribution in [0.15, 0.2) is 85.1 Å². The monoisotopic (exact) mass is 514 g/mol. The summed E-state index contributed by atoms with van der Waals surface area (Å²) in [6.45, 7) is 6.01. The van der Waals surface area contributed by atoms with Crippen LogP contribution in [0.5, 0.6) is 11.5 Å². The molecule has 0 saturated carbocycles. The fourth-order valence-corrected chi connectivity index (χ4v) is 5.51. The molecule has 190 valence electrons. The predicted octanol–water partition coefficient (Wildman–Crippen LogP) is 5.63. The van der Waals surface area contributed by atoms with Crippen molar-refractivity contribution in [1.29, 1.82) is 0 Å². The maximum atomic E-state index is 13.1. The highest BCUT2D eigenvalue weighted by molar-refractivity contribution is 7.53. The summed E-state index contributed by atoms with van der Waals surface area (Å²) in [7, 11) is 0.714. The Morgan fingerprint density at radius 3 is 2.51 bits per heavy atom. The van der Waals surface area contributed by atoms with Gasteiger partial charge in [0, 0.05) is 62.2 Å². The highest BCUT2D eigenvalue weighted by Crippen LogP contribution is 2.37. The van der Waals surface area contributed by atoms with Gasteiger partial charge in [-0.05, 0) is 54.1 Å². The van der Waals surface area contributed by atoms with Crippen molar-refractivity contribution in [2.24, 2.45) is 0 Å². The van der Waals surface area contributed by atoms with E-state index in [0.717, 1.165) is 60.8 Å². The maximum absolute atomic E-state index is 13.1. The first kappa shape index (κ1) is 25.0. The Kier molecular flexibility index (Phi) is 7.83. The van der Waals surface area contributed by atoms with E-state index < -0.39 is 8.30 Å². The Morgan fingerprint density at radius 2 is 1.73 bits per heavy atom. The number of fused-ring (bicyclic) bond motifs is 1. The average Bonchev–Trinajstić information content (AvgIpc) is 2.94. The number of anilines is 1. The Morgan fingerprint density at radius 1 is 0.973 bits per heavy atom. The van der Waals surface area contributed by atoms with Gasteiger partial charge in [-0.2, -0.15) is 0 Å². The fourth-order valence-electron chi connectivity index (χ4n) is 4.51. The predicted molar refractivity (Wildman–Crippen MR) is 149 cm³/mol. The highest BCUT2D eigenvalue weighted by atomic mass is 31.2. The van der Waals surface area contributed by atoms with E-state index >= 15 is 0 Å². The van der Waals surface area contributed by atoms with Crippen LogP contribution < -0.4 is 14.3 Å². The Hall–Kier alpha value is -3.67. The molecule has 1 saturated heterocycles. The van der Waals surface area contributed by atoms with Crippen molar-refractivity contribution >= 4 is 30.8 Å². The van der Waals surface area contributed by atoms with Crippen LogP contribution in [0.2, 0.25) is 0 Å². The number of methoxy groups -OCH3 is 1. The van der Waals surface area contributed by atoms with Crippen molar-refractivity contribution in [1.82, 2.24) is 14.8 Å². The fraction of sp³-hybridized carbons (Fsp3) is 0.241. The quantitative estimate of drug-likeness (QED) is 0.307. The lowest BCUT2D eigenvalue weighted by Gasteiger charge is -2.34. The topological polar surface area (TPSA) is 66.9 Å². The standard InChI is InChI=1S/C29H31N4O3P/c1-35-26-9-3-6-22(20-26)21-32-16-18-33(19-17-32)29(34)24-11-13-25(14-12-24)31-37(2)36-27-10-4-7-23-8-5-15-30-28(23)27/h3-15,20,31H,16-19,21H2,1-2H3. The van der Waals surface area contributed by atoms with Crippen LogP contribution in [0.25, 0.3) is 10.9 Å². The molecule has 1 aromatic heterocycles. The van der Waals surface area contributed by atoms with Crippen LogP contribution in [-0.2, 0) is 6.54 Å². The third kappa shape index (κ3) is 6.19. The molecular weight excluding hydrogens is 483 g/mol. The van der Waals surface area contributed by atoms with Crippen molar-refractivity contribution in [3.8, 4) is 11.5 Å². The van der Waals surface area contributed by atoms with Crippen molar-refractivity contribution in [3.63, 3.8) is 0 Å². The Bertz CT molecular complexity index is 1350. The number of para-hydroxylation sites is 1. The minimum Gasteiger partial charge on any atom is -0.497 e. The van der Waals surface area contributed by atoms with Gasteiger partial charge in [0.15, 0.2) is 14.0 Å². The van der Waals surface area contributed by atoms with Crippen LogP contribution in [0.4, 0.5) is 5.69 Å². The van der Waals surface area contributed by atoms with Gasteiger partial charge in [0.1, 0.15) is 11.3 Å². The Balaban J connectivity index is 1.13. The summed E-state index contributed by atoms with van der Waals surface area (Å²) in [5, 5.41) is 4.46. The van der Waals surface area contributed by atoms with Gasteiger partial charge in [-0.1, -0.05) is 30.3 Å². The number of ether oxygens (including phenoxy) is 1. The third-order valence-electron chi connectivity index (χ3n) is 6.45. The lowest BCUT2D eigenvalue weighted by molar-refractivity contribution is 0.0628. The van der Waals surface area contributed by atoms with E-state index in [1.54, 1.807) is 13.3 Å². The molecule has 7 nitrogen and oxygen atoms in total. The summed E-state index contributed by atoms with van der Waals surface area (Å²) in [6, 6.07) is 25.7. The molecule has 4 aromatic rings. The van der Waals surface area contributed by atoms with Crippen LogP contribution >= 0.6 is 8.30 Å². The summed E-state index contributed by atoms with van der Waals surface area (Å²) in [5.74, 6) is 1.71. The number of benzene rings is 3. The SMILES string of the molecule is COc1cccc(CN2CCN(C(=O)c3ccc(NP(C)Oc4cccc5cccnc45)cc3)CC2)c1. The van der Waals surface area contributed by atoms with Gasteiger partial charge in [0.2, 0.25) is 0 Å². The van der Waals surface area contributed by atoms with Crippen molar-refractivity contribution in [2.75, 3.05) is 45.0 Å². The van der Waals surface area contributed by atoms with E-state index in [1.807, 2.05) is 78.3 Å². The van der Waals surface area contributed by atoms with E-state index in [-0.39, 0.29) is 5.91 Å². The lowest BCUT2D eigenvalue weighted by Crippen LogP contribution is -2.48. The minimum absolute atomic E-state index is 0.0735. The molecular formula is C29H31N4O3P. The molecule has 1 atom stereocenters. The second-order valence-corrected chi connectivity index (χ2v) is 10.4.